The van der Waals surface area contributed by atoms with Crippen LogP contribution in [0.5, 0.6) is 0 Å². The summed E-state index contributed by atoms with van der Waals surface area (Å²) >= 11 is 12.0. The number of aliphatic imine (C=N–C) groups is 1. The first-order chi connectivity index (χ1) is 10.2. The average Bonchev–Trinajstić information content (AvgIpc) is 2.49. The van der Waals surface area contributed by atoms with Gasteiger partial charge in [-0.25, -0.2) is 10.4 Å². The fraction of sp³-hybridized carbons (Fsp3) is 0.0714. The molecule has 0 saturated carbocycles. The highest BCUT2D eigenvalue weighted by molar-refractivity contribution is 6.38. The van der Waals surface area contributed by atoms with E-state index >= 15 is 0 Å². The molecule has 0 radical (unpaired) electrons. The van der Waals surface area contributed by atoms with Crippen molar-refractivity contribution in [3.8, 4) is 0 Å². The second-order valence-corrected chi connectivity index (χ2v) is 4.88. The van der Waals surface area contributed by atoms with E-state index in [1.54, 1.807) is 30.6 Å². The molecule has 0 aliphatic rings. The predicted molar refractivity (Wildman–Crippen MR) is 86.8 cm³/mol. The molecule has 5 nitrogen and oxygen atoms in total. The van der Waals surface area contributed by atoms with E-state index in [9.17, 15) is 0 Å². The van der Waals surface area contributed by atoms with Gasteiger partial charge in [-0.1, -0.05) is 29.3 Å². The van der Waals surface area contributed by atoms with Crippen molar-refractivity contribution in [2.75, 3.05) is 0 Å². The number of nitrogens with two attached hydrogens (primary N) is 1. The van der Waals surface area contributed by atoms with Crippen molar-refractivity contribution in [2.24, 2.45) is 15.8 Å². The molecule has 0 bridgehead atoms. The number of nitrogens with one attached hydrogen (secondary N) is 1. The van der Waals surface area contributed by atoms with Crippen molar-refractivity contribution in [3.63, 3.8) is 0 Å². The number of aromatic nitrogens is 1. The summed E-state index contributed by atoms with van der Waals surface area (Å²) in [6, 6.07) is 8.96. The van der Waals surface area contributed by atoms with Crippen molar-refractivity contribution in [1.82, 2.24) is 10.4 Å². The Hall–Kier alpha value is -2.11. The van der Waals surface area contributed by atoms with Crippen LogP contribution in [0.2, 0.25) is 10.0 Å². The Morgan fingerprint density at radius 1 is 1.19 bits per heavy atom. The van der Waals surface area contributed by atoms with Crippen molar-refractivity contribution in [2.45, 2.75) is 6.54 Å². The van der Waals surface area contributed by atoms with Crippen LogP contribution in [-0.4, -0.2) is 17.2 Å². The second-order valence-electron chi connectivity index (χ2n) is 4.06. The average molecular weight is 322 g/mol. The van der Waals surface area contributed by atoms with Crippen LogP contribution in [0.25, 0.3) is 0 Å². The van der Waals surface area contributed by atoms with Gasteiger partial charge in [0.2, 0.25) is 5.96 Å². The lowest BCUT2D eigenvalue weighted by Crippen LogP contribution is -2.27. The molecule has 1 heterocycles. The number of benzene rings is 1. The lowest BCUT2D eigenvalue weighted by molar-refractivity contribution is 0.960. The quantitative estimate of drug-likeness (QED) is 0.516. The summed E-state index contributed by atoms with van der Waals surface area (Å²) in [4.78, 5) is 8.07. The van der Waals surface area contributed by atoms with E-state index in [1.807, 2.05) is 12.1 Å². The van der Waals surface area contributed by atoms with E-state index in [0.29, 0.717) is 22.2 Å². The highest BCUT2D eigenvalue weighted by Gasteiger charge is 2.01. The number of hydrogen-bond donors (Lipinski definition) is 2. The Labute approximate surface area is 132 Å². The van der Waals surface area contributed by atoms with Crippen LogP contribution in [0.3, 0.4) is 0 Å². The minimum absolute atomic E-state index is 0.200. The molecule has 0 aliphatic heterocycles. The molecule has 2 rings (SSSR count). The zero-order chi connectivity index (χ0) is 15.1. The lowest BCUT2D eigenvalue weighted by Gasteiger charge is -2.02. The Morgan fingerprint density at radius 2 is 1.86 bits per heavy atom. The third-order valence-electron chi connectivity index (χ3n) is 2.55. The summed E-state index contributed by atoms with van der Waals surface area (Å²) in [7, 11) is 0. The van der Waals surface area contributed by atoms with Gasteiger partial charge in [0.05, 0.1) is 22.8 Å². The molecule has 0 spiro atoms. The highest BCUT2D eigenvalue weighted by Crippen LogP contribution is 2.21. The van der Waals surface area contributed by atoms with Gasteiger partial charge in [0.1, 0.15) is 0 Å². The van der Waals surface area contributed by atoms with Crippen LogP contribution in [0.4, 0.5) is 0 Å². The maximum atomic E-state index is 6.02. The van der Waals surface area contributed by atoms with Crippen molar-refractivity contribution in [1.29, 1.82) is 0 Å². The van der Waals surface area contributed by atoms with Gasteiger partial charge in [0, 0.05) is 18.0 Å². The van der Waals surface area contributed by atoms with Gasteiger partial charge in [0.15, 0.2) is 0 Å². The van der Waals surface area contributed by atoms with Gasteiger partial charge in [-0.05, 0) is 29.8 Å². The summed E-state index contributed by atoms with van der Waals surface area (Å²) in [5, 5.41) is 4.99. The van der Waals surface area contributed by atoms with E-state index in [-0.39, 0.29) is 5.96 Å². The topological polar surface area (TPSA) is 75.7 Å². The van der Waals surface area contributed by atoms with Crippen LogP contribution in [0.15, 0.2) is 52.8 Å². The molecule has 0 unspecified atom stereocenters. The molecular weight excluding hydrogens is 309 g/mol. The van der Waals surface area contributed by atoms with Crippen LogP contribution < -0.4 is 11.2 Å². The number of rotatable bonds is 4. The molecule has 21 heavy (non-hydrogen) atoms. The third kappa shape index (κ3) is 4.73. The first kappa shape index (κ1) is 15.3. The van der Waals surface area contributed by atoms with Gasteiger partial charge in [-0.2, -0.15) is 5.10 Å². The summed E-state index contributed by atoms with van der Waals surface area (Å²) < 4.78 is 0. The van der Waals surface area contributed by atoms with Gasteiger partial charge >= 0.3 is 0 Å². The molecule has 2 aromatic rings. The fourth-order valence-electron chi connectivity index (χ4n) is 1.50. The highest BCUT2D eigenvalue weighted by atomic mass is 35.5. The first-order valence-corrected chi connectivity index (χ1v) is 6.84. The smallest absolute Gasteiger partial charge is 0.209 e. The van der Waals surface area contributed by atoms with E-state index < -0.39 is 0 Å². The van der Waals surface area contributed by atoms with Crippen LogP contribution in [0.1, 0.15) is 11.1 Å². The summed E-state index contributed by atoms with van der Waals surface area (Å²) in [5.41, 5.74) is 9.95. The van der Waals surface area contributed by atoms with Crippen LogP contribution in [-0.2, 0) is 6.54 Å². The number of pyridine rings is 1. The minimum atomic E-state index is 0.200. The molecule has 0 amide bonds. The summed E-state index contributed by atoms with van der Waals surface area (Å²) in [6.45, 7) is 0.448. The maximum absolute atomic E-state index is 6.02. The molecule has 1 aromatic carbocycles. The molecule has 0 fully saturated rings. The molecule has 0 saturated heterocycles. The van der Waals surface area contributed by atoms with E-state index in [4.69, 9.17) is 28.9 Å². The number of hydrazone groups is 1. The van der Waals surface area contributed by atoms with Gasteiger partial charge < -0.3 is 5.73 Å². The Morgan fingerprint density at radius 3 is 2.52 bits per heavy atom. The van der Waals surface area contributed by atoms with Gasteiger partial charge in [0.25, 0.3) is 0 Å². The van der Waals surface area contributed by atoms with Gasteiger partial charge in [-0.15, -0.1) is 0 Å². The van der Waals surface area contributed by atoms with Gasteiger partial charge in [-0.3, -0.25) is 4.98 Å². The predicted octanol–water partition coefficient (Wildman–Crippen LogP) is 2.83. The first-order valence-electron chi connectivity index (χ1n) is 6.08. The lowest BCUT2D eigenvalue weighted by atomic mass is 10.2. The van der Waals surface area contributed by atoms with Crippen LogP contribution >= 0.6 is 23.2 Å². The summed E-state index contributed by atoms with van der Waals surface area (Å²) in [5.74, 6) is 0.200. The molecule has 1 aromatic heterocycles. The molecule has 3 N–H and O–H groups in total. The number of nitrogens with zero attached hydrogens (tertiary/aromatic N) is 3. The van der Waals surface area contributed by atoms with Crippen molar-refractivity contribution >= 4 is 35.4 Å². The van der Waals surface area contributed by atoms with Crippen molar-refractivity contribution in [3.05, 3.63) is 63.9 Å². The van der Waals surface area contributed by atoms with E-state index in [1.165, 1.54) is 6.21 Å². The Kier molecular flexibility index (Phi) is 5.54. The van der Waals surface area contributed by atoms with Crippen LogP contribution in [0, 0.1) is 0 Å². The van der Waals surface area contributed by atoms with E-state index in [2.05, 4.69) is 20.5 Å². The number of hydrogen-bond acceptors (Lipinski definition) is 3. The standard InChI is InChI=1S/C14H13Cl2N5/c15-12-2-1-3-13(16)11(12)9-20-21-14(17)19-8-10-4-6-18-7-5-10/h1-7,9H,8H2,(H3,17,19,21). The summed E-state index contributed by atoms with van der Waals surface area (Å²) in [6.07, 6.45) is 4.90. The van der Waals surface area contributed by atoms with Crippen molar-refractivity contribution < 1.29 is 0 Å². The second kappa shape index (κ2) is 7.61. The SMILES string of the molecule is NC(=NCc1ccncc1)NN=Cc1c(Cl)cccc1Cl. The fourth-order valence-corrected chi connectivity index (χ4v) is 1.99. The molecule has 0 atom stereocenters. The van der Waals surface area contributed by atoms with E-state index in [0.717, 1.165) is 5.56 Å². The zero-order valence-electron chi connectivity index (χ0n) is 11.0. The molecule has 7 heteroatoms. The Balaban J connectivity index is 1.94. The number of halogens is 2. The molecule has 0 aliphatic carbocycles. The zero-order valence-corrected chi connectivity index (χ0v) is 12.5. The molecular formula is C14H13Cl2N5. The normalized spacial score (nSPS) is 11.8. The maximum Gasteiger partial charge on any atom is 0.209 e. The minimum Gasteiger partial charge on any atom is -0.369 e. The number of guanidine groups is 1. The largest absolute Gasteiger partial charge is 0.369 e. The molecule has 108 valence electrons. The monoisotopic (exact) mass is 321 g/mol. The third-order valence-corrected chi connectivity index (χ3v) is 3.21. The Bertz CT molecular complexity index is 635.